The van der Waals surface area contributed by atoms with Crippen molar-refractivity contribution in [3.8, 4) is 22.6 Å². The third kappa shape index (κ3) is 12.5. The molecule has 0 bridgehead atoms. The lowest BCUT2D eigenvalue weighted by Gasteiger charge is -2.24. The van der Waals surface area contributed by atoms with E-state index in [1.54, 1.807) is 19.2 Å². The van der Waals surface area contributed by atoms with Gasteiger partial charge >= 0.3 is 12.1 Å². The molecule has 3 N–H and O–H groups in total. The standard InChI is InChI=1S/C37H41N3O4.C2HF3O2/c1-44-35-16-12-29(13-17-35)25-36(42)40(22-18-28-10-14-34(41)15-11-28)27-30-6-4-7-31(24-30)32-8-5-9-33(26-32)37(43)38-19-23-39-20-2-3-21-39;3-2(4,5)1(6)7/h4-17,24,26,41H,2-3,18-23,25,27H2,1H3,(H,38,43);(H,6,7). The molecule has 0 aliphatic carbocycles. The van der Waals surface area contributed by atoms with E-state index in [0.717, 1.165) is 53.2 Å². The molecule has 51 heavy (non-hydrogen) atoms. The lowest BCUT2D eigenvalue weighted by Crippen LogP contribution is -2.33. The van der Waals surface area contributed by atoms with Crippen molar-refractivity contribution in [2.75, 3.05) is 39.8 Å². The molecule has 0 radical (unpaired) electrons. The molecule has 4 aromatic carbocycles. The predicted octanol–water partition coefficient (Wildman–Crippen LogP) is 6.34. The second kappa shape index (κ2) is 18.6. The maximum atomic E-state index is 13.6. The first-order valence-electron chi connectivity index (χ1n) is 16.6. The van der Waals surface area contributed by atoms with Crippen molar-refractivity contribution < 1.29 is 42.5 Å². The van der Waals surface area contributed by atoms with Crippen molar-refractivity contribution in [3.63, 3.8) is 0 Å². The van der Waals surface area contributed by atoms with Gasteiger partial charge in [-0.2, -0.15) is 13.2 Å². The minimum atomic E-state index is -5.08. The zero-order valence-corrected chi connectivity index (χ0v) is 28.4. The summed E-state index contributed by atoms with van der Waals surface area (Å²) in [7, 11) is 1.63. The van der Waals surface area contributed by atoms with Crippen molar-refractivity contribution in [1.29, 1.82) is 0 Å². The molecule has 1 fully saturated rings. The molecule has 0 unspecified atom stereocenters. The molecular weight excluding hydrogens is 663 g/mol. The highest BCUT2D eigenvalue weighted by atomic mass is 19.4. The van der Waals surface area contributed by atoms with Gasteiger partial charge in [-0.3, -0.25) is 9.59 Å². The van der Waals surface area contributed by atoms with E-state index in [4.69, 9.17) is 14.6 Å². The monoisotopic (exact) mass is 705 g/mol. The van der Waals surface area contributed by atoms with Gasteiger partial charge in [-0.1, -0.05) is 54.6 Å². The molecule has 1 aliphatic rings. The molecule has 12 heteroatoms. The summed E-state index contributed by atoms with van der Waals surface area (Å²) in [6.45, 7) is 4.75. The number of carbonyl (C=O) groups is 3. The summed E-state index contributed by atoms with van der Waals surface area (Å²) in [4.78, 5) is 39.7. The van der Waals surface area contributed by atoms with Crippen LogP contribution in [0.15, 0.2) is 97.1 Å². The summed E-state index contributed by atoms with van der Waals surface area (Å²) in [5.74, 6) is -1.81. The van der Waals surface area contributed by atoms with Gasteiger partial charge < -0.3 is 30.1 Å². The van der Waals surface area contributed by atoms with Gasteiger partial charge in [0, 0.05) is 31.7 Å². The molecule has 0 aromatic heterocycles. The van der Waals surface area contributed by atoms with Crippen molar-refractivity contribution in [3.05, 3.63) is 119 Å². The quantitative estimate of drug-likeness (QED) is 0.149. The average Bonchev–Trinajstić information content (AvgIpc) is 3.65. The largest absolute Gasteiger partial charge is 0.508 e. The highest BCUT2D eigenvalue weighted by Gasteiger charge is 2.38. The number of rotatable bonds is 13. The number of halogens is 3. The second-order valence-electron chi connectivity index (χ2n) is 12.1. The number of nitrogens with zero attached hydrogens (tertiary/aromatic N) is 2. The third-order valence-corrected chi connectivity index (χ3v) is 8.39. The van der Waals surface area contributed by atoms with E-state index >= 15 is 0 Å². The number of hydrogen-bond donors (Lipinski definition) is 3. The van der Waals surface area contributed by atoms with Crippen LogP contribution in [0.1, 0.15) is 39.9 Å². The number of methoxy groups -OCH3 is 1. The van der Waals surface area contributed by atoms with Crippen molar-refractivity contribution in [1.82, 2.24) is 15.1 Å². The van der Waals surface area contributed by atoms with Crippen LogP contribution in [0.4, 0.5) is 13.2 Å². The molecule has 5 rings (SSSR count). The minimum absolute atomic E-state index is 0.0342. The summed E-state index contributed by atoms with van der Waals surface area (Å²) in [6, 6.07) is 30.6. The number of nitrogens with one attached hydrogen (secondary N) is 1. The topological polar surface area (TPSA) is 119 Å². The normalized spacial score (nSPS) is 12.8. The SMILES string of the molecule is COc1ccc(CC(=O)N(CCc2ccc(O)cc2)Cc2cccc(-c3cccc(C(=O)NCCN4CCCC4)c3)c2)cc1.O=C(O)C(F)(F)F. The fourth-order valence-electron chi connectivity index (χ4n) is 5.59. The van der Waals surface area contributed by atoms with Crippen LogP contribution in [0.5, 0.6) is 11.5 Å². The maximum absolute atomic E-state index is 13.6. The Labute approximate surface area is 295 Å². The number of carbonyl (C=O) groups excluding carboxylic acids is 2. The predicted molar refractivity (Wildman–Crippen MR) is 188 cm³/mol. The van der Waals surface area contributed by atoms with Crippen LogP contribution in [0.2, 0.25) is 0 Å². The molecule has 1 saturated heterocycles. The Morgan fingerprint density at radius 3 is 2.08 bits per heavy atom. The number of hydrogen-bond acceptors (Lipinski definition) is 6. The lowest BCUT2D eigenvalue weighted by atomic mass is 10.0. The van der Waals surface area contributed by atoms with Crippen LogP contribution in [0.3, 0.4) is 0 Å². The number of phenolic OH excluding ortho intramolecular Hbond substituents is 1. The van der Waals surface area contributed by atoms with Crippen molar-refractivity contribution in [2.45, 2.75) is 38.4 Å². The van der Waals surface area contributed by atoms with Crippen molar-refractivity contribution in [2.24, 2.45) is 0 Å². The smallest absolute Gasteiger partial charge is 0.490 e. The molecule has 0 atom stereocenters. The Balaban J connectivity index is 0.000000755. The van der Waals surface area contributed by atoms with Gasteiger partial charge in [0.05, 0.1) is 13.5 Å². The number of amides is 2. The van der Waals surface area contributed by atoms with Gasteiger partial charge in [-0.05, 0) is 103 Å². The number of benzene rings is 4. The fraction of sp³-hybridized carbons (Fsp3) is 0.308. The summed E-state index contributed by atoms with van der Waals surface area (Å²) < 4.78 is 37.0. The van der Waals surface area contributed by atoms with E-state index in [1.165, 1.54) is 12.8 Å². The molecule has 1 heterocycles. The molecular formula is C39H42F3N3O6. The first-order valence-corrected chi connectivity index (χ1v) is 16.6. The van der Waals surface area contributed by atoms with Crippen LogP contribution >= 0.6 is 0 Å². The lowest BCUT2D eigenvalue weighted by molar-refractivity contribution is -0.192. The second-order valence-corrected chi connectivity index (χ2v) is 12.1. The number of likely N-dealkylation sites (tertiary alicyclic amines) is 1. The molecule has 0 saturated carbocycles. The third-order valence-electron chi connectivity index (χ3n) is 8.39. The summed E-state index contributed by atoms with van der Waals surface area (Å²) in [5, 5.41) is 19.9. The molecule has 4 aromatic rings. The zero-order valence-electron chi connectivity index (χ0n) is 28.4. The van der Waals surface area contributed by atoms with E-state index in [0.29, 0.717) is 31.6 Å². The van der Waals surface area contributed by atoms with E-state index in [2.05, 4.69) is 16.3 Å². The number of ether oxygens (including phenoxy) is 1. The van der Waals surface area contributed by atoms with E-state index in [1.807, 2.05) is 83.8 Å². The van der Waals surface area contributed by atoms with Crippen LogP contribution in [0, 0.1) is 0 Å². The first kappa shape index (κ1) is 38.4. The Bertz CT molecular complexity index is 1740. The van der Waals surface area contributed by atoms with Gasteiger partial charge in [-0.25, -0.2) is 4.79 Å². The van der Waals surface area contributed by atoms with Gasteiger partial charge in [-0.15, -0.1) is 0 Å². The van der Waals surface area contributed by atoms with E-state index < -0.39 is 12.1 Å². The number of aliphatic carboxylic acids is 1. The average molecular weight is 706 g/mol. The van der Waals surface area contributed by atoms with Gasteiger partial charge in [0.15, 0.2) is 0 Å². The van der Waals surface area contributed by atoms with Crippen LogP contribution < -0.4 is 10.1 Å². The van der Waals surface area contributed by atoms with Gasteiger partial charge in [0.2, 0.25) is 5.91 Å². The van der Waals surface area contributed by atoms with E-state index in [9.17, 15) is 27.9 Å². The molecule has 1 aliphatic heterocycles. The van der Waals surface area contributed by atoms with Crippen LogP contribution in [0.25, 0.3) is 11.1 Å². The summed E-state index contributed by atoms with van der Waals surface area (Å²) in [5.41, 5.74) is 5.58. The van der Waals surface area contributed by atoms with Crippen LogP contribution in [-0.2, 0) is 29.0 Å². The Morgan fingerprint density at radius 1 is 0.843 bits per heavy atom. The highest BCUT2D eigenvalue weighted by Crippen LogP contribution is 2.23. The molecule has 0 spiro atoms. The number of carboxylic acid groups (broad SMARTS) is 1. The van der Waals surface area contributed by atoms with Crippen LogP contribution in [-0.4, -0.2) is 83.8 Å². The molecule has 270 valence electrons. The van der Waals surface area contributed by atoms with Crippen molar-refractivity contribution >= 4 is 17.8 Å². The van der Waals surface area contributed by atoms with E-state index in [-0.39, 0.29) is 24.0 Å². The Kier molecular flexibility index (Phi) is 14.0. The highest BCUT2D eigenvalue weighted by molar-refractivity contribution is 5.95. The summed E-state index contributed by atoms with van der Waals surface area (Å²) in [6.07, 6.45) is -1.65. The zero-order chi connectivity index (χ0) is 36.8. The number of carboxylic acids is 1. The van der Waals surface area contributed by atoms with Gasteiger partial charge in [0.25, 0.3) is 5.91 Å². The van der Waals surface area contributed by atoms with Gasteiger partial charge in [0.1, 0.15) is 11.5 Å². The maximum Gasteiger partial charge on any atom is 0.490 e. The molecule has 9 nitrogen and oxygen atoms in total. The minimum Gasteiger partial charge on any atom is -0.508 e. The number of alkyl halides is 3. The molecule has 2 amide bonds. The Morgan fingerprint density at radius 2 is 1.45 bits per heavy atom. The Hall–Kier alpha value is -5.36. The summed E-state index contributed by atoms with van der Waals surface area (Å²) >= 11 is 0. The number of phenols is 1. The number of aromatic hydroxyl groups is 1. The first-order chi connectivity index (χ1) is 24.4. The fourth-order valence-corrected chi connectivity index (χ4v) is 5.59.